The van der Waals surface area contributed by atoms with Crippen LogP contribution in [-0.4, -0.2) is 109 Å². The smallest absolute Gasteiger partial charge is 0.330 e. The molecule has 13 nitrogen and oxygen atoms in total. The maximum absolute atomic E-state index is 13.3. The molecule has 0 saturated carbocycles. The first-order valence-corrected chi connectivity index (χ1v) is 18.4. The van der Waals surface area contributed by atoms with E-state index < -0.39 is 66.4 Å². The summed E-state index contributed by atoms with van der Waals surface area (Å²) in [5.41, 5.74) is -1.08. The Labute approximate surface area is 302 Å². The Kier molecular flexibility index (Phi) is 17.7. The highest BCUT2D eigenvalue weighted by atomic mass is 16.7. The monoisotopic (exact) mass is 724 g/mol. The highest BCUT2D eigenvalue weighted by Gasteiger charge is 2.57. The number of aliphatic hydroxyl groups is 3. The fourth-order valence-electron chi connectivity index (χ4n) is 6.55. The summed E-state index contributed by atoms with van der Waals surface area (Å²) in [6, 6.07) is 0. The van der Waals surface area contributed by atoms with Crippen LogP contribution in [0.2, 0.25) is 0 Å². The molecule has 2 unspecified atom stereocenters. The van der Waals surface area contributed by atoms with E-state index in [9.17, 15) is 29.7 Å². The molecule has 8 atom stereocenters. The van der Waals surface area contributed by atoms with Crippen LogP contribution in [0.1, 0.15) is 104 Å². The summed E-state index contributed by atoms with van der Waals surface area (Å²) in [4.78, 5) is 38.7. The lowest BCUT2D eigenvalue weighted by Crippen LogP contribution is -2.62. The van der Waals surface area contributed by atoms with Gasteiger partial charge in [-0.1, -0.05) is 58.6 Å². The van der Waals surface area contributed by atoms with Crippen LogP contribution in [0.5, 0.6) is 0 Å². The van der Waals surface area contributed by atoms with Gasteiger partial charge in [-0.25, -0.2) is 4.79 Å². The van der Waals surface area contributed by atoms with E-state index in [1.807, 2.05) is 0 Å². The third kappa shape index (κ3) is 13.4. The lowest BCUT2D eigenvalue weighted by molar-refractivity contribution is -0.327. The molecule has 0 amide bonds. The van der Waals surface area contributed by atoms with E-state index in [-0.39, 0.29) is 56.5 Å². The summed E-state index contributed by atoms with van der Waals surface area (Å²) in [6.07, 6.45) is 6.85. The maximum Gasteiger partial charge on any atom is 0.330 e. The van der Waals surface area contributed by atoms with E-state index in [1.54, 1.807) is 32.1 Å². The minimum Gasteiger partial charge on any atom is -0.466 e. The van der Waals surface area contributed by atoms with E-state index in [2.05, 4.69) is 13.5 Å². The van der Waals surface area contributed by atoms with Gasteiger partial charge in [0.05, 0.1) is 44.6 Å². The summed E-state index contributed by atoms with van der Waals surface area (Å²) >= 11 is 0. The van der Waals surface area contributed by atoms with Crippen molar-refractivity contribution in [2.24, 2.45) is 5.41 Å². The van der Waals surface area contributed by atoms with Crippen LogP contribution in [0.3, 0.4) is 0 Å². The van der Waals surface area contributed by atoms with Crippen molar-refractivity contribution in [1.29, 1.82) is 0 Å². The second-order valence-corrected chi connectivity index (χ2v) is 14.2. The Morgan fingerprint density at radius 3 is 2.47 bits per heavy atom. The number of hydrogen-bond acceptors (Lipinski definition) is 13. The van der Waals surface area contributed by atoms with Crippen LogP contribution in [-0.2, 0) is 47.5 Å². The minimum absolute atomic E-state index is 0.0145. The van der Waals surface area contributed by atoms with Crippen molar-refractivity contribution in [3.8, 4) is 0 Å². The Bertz CT molecular complexity index is 1180. The first-order valence-electron chi connectivity index (χ1n) is 18.4. The van der Waals surface area contributed by atoms with Crippen molar-refractivity contribution in [3.05, 3.63) is 36.5 Å². The van der Waals surface area contributed by atoms with Crippen molar-refractivity contribution in [2.45, 2.75) is 153 Å². The standard InChI is InChI=1S/C38H60O13/c1-6-8-9-10-11-13-32(41)50-36-26(21-33(42)45-5)20-30-24-31(25-39)47-34(43)22-27(40)15-18-46-19-16-29-23-28(12-7-2)48-35(49-29)14-17-37(3,4)38(36,44)51-30/h7,14,17,21,27-31,35-36,39-40,44H,2,6,8-13,15-16,18-20,22-25H2,1,3-5H3/b17-14+,26-21-/t27-,28+,29?,30+,31?,35+,36+,38-/m1/s1. The Morgan fingerprint density at radius 2 is 1.76 bits per heavy atom. The molecule has 4 bridgehead atoms. The molecule has 290 valence electrons. The Balaban J connectivity index is 2.04. The molecular weight excluding hydrogens is 664 g/mol. The van der Waals surface area contributed by atoms with Crippen molar-refractivity contribution in [1.82, 2.24) is 0 Å². The van der Waals surface area contributed by atoms with Crippen molar-refractivity contribution in [3.63, 3.8) is 0 Å². The molecule has 0 aliphatic carbocycles. The summed E-state index contributed by atoms with van der Waals surface area (Å²) in [6.45, 7) is 9.35. The topological polar surface area (TPSA) is 177 Å². The summed E-state index contributed by atoms with van der Waals surface area (Å²) in [5.74, 6) is -4.29. The predicted molar refractivity (Wildman–Crippen MR) is 186 cm³/mol. The molecule has 0 aromatic carbocycles. The van der Waals surface area contributed by atoms with E-state index in [0.29, 0.717) is 32.3 Å². The lowest BCUT2D eigenvalue weighted by atomic mass is 9.74. The number of aliphatic hydroxyl groups excluding tert-OH is 2. The van der Waals surface area contributed by atoms with Gasteiger partial charge in [0.2, 0.25) is 5.79 Å². The maximum atomic E-state index is 13.3. The van der Waals surface area contributed by atoms with E-state index in [4.69, 9.17) is 33.2 Å². The zero-order valence-corrected chi connectivity index (χ0v) is 30.8. The molecule has 0 radical (unpaired) electrons. The van der Waals surface area contributed by atoms with E-state index in [0.717, 1.165) is 25.7 Å². The van der Waals surface area contributed by atoms with Gasteiger partial charge in [-0.2, -0.15) is 0 Å². The van der Waals surface area contributed by atoms with Crippen LogP contribution in [0.25, 0.3) is 0 Å². The molecule has 0 aromatic rings. The molecule has 0 aromatic heterocycles. The van der Waals surface area contributed by atoms with Gasteiger partial charge in [0.15, 0.2) is 12.4 Å². The fourth-order valence-corrected chi connectivity index (χ4v) is 6.55. The largest absolute Gasteiger partial charge is 0.466 e. The molecule has 3 heterocycles. The molecule has 3 rings (SSSR count). The number of cyclic esters (lactones) is 1. The van der Waals surface area contributed by atoms with Crippen LogP contribution >= 0.6 is 0 Å². The van der Waals surface area contributed by atoms with Gasteiger partial charge in [-0.3, -0.25) is 9.59 Å². The van der Waals surface area contributed by atoms with Gasteiger partial charge >= 0.3 is 17.9 Å². The van der Waals surface area contributed by atoms with Crippen molar-refractivity contribution < 1.29 is 62.9 Å². The Hall–Kier alpha value is -2.65. The number of carbonyl (C=O) groups is 3. The first-order chi connectivity index (χ1) is 24.3. The summed E-state index contributed by atoms with van der Waals surface area (Å²) in [5, 5.41) is 33.3. The van der Waals surface area contributed by atoms with Crippen LogP contribution in [0.15, 0.2) is 36.5 Å². The fraction of sp³-hybridized carbons (Fsp3) is 0.763. The van der Waals surface area contributed by atoms with Gasteiger partial charge in [-0.05, 0) is 43.8 Å². The van der Waals surface area contributed by atoms with Gasteiger partial charge in [0, 0.05) is 44.0 Å². The predicted octanol–water partition coefficient (Wildman–Crippen LogP) is 4.35. The number of fused-ring (bicyclic) bond motifs is 4. The van der Waals surface area contributed by atoms with E-state index >= 15 is 0 Å². The average Bonchev–Trinajstić information content (AvgIpc) is 3.08. The number of ether oxygens (including phenoxy) is 7. The molecule has 3 N–H and O–H groups in total. The van der Waals surface area contributed by atoms with Crippen LogP contribution in [0.4, 0.5) is 0 Å². The lowest BCUT2D eigenvalue weighted by Gasteiger charge is -2.51. The molecule has 3 aliphatic rings. The van der Waals surface area contributed by atoms with Gasteiger partial charge in [0.1, 0.15) is 6.10 Å². The first kappa shape index (κ1) is 42.8. The Morgan fingerprint density at radius 1 is 1.04 bits per heavy atom. The highest BCUT2D eigenvalue weighted by Crippen LogP contribution is 2.47. The summed E-state index contributed by atoms with van der Waals surface area (Å²) < 4.78 is 41.0. The molecule has 2 saturated heterocycles. The number of rotatable bonds is 11. The minimum atomic E-state index is -2.27. The summed E-state index contributed by atoms with van der Waals surface area (Å²) in [7, 11) is 1.21. The normalized spacial score (nSPS) is 33.7. The van der Waals surface area contributed by atoms with Gasteiger partial charge < -0.3 is 48.5 Å². The van der Waals surface area contributed by atoms with Crippen molar-refractivity contribution >= 4 is 17.9 Å². The quantitative estimate of drug-likeness (QED) is 0.0902. The number of hydrogen-bond donors (Lipinski definition) is 3. The number of carbonyl (C=O) groups excluding carboxylic acids is 3. The average molecular weight is 725 g/mol. The van der Waals surface area contributed by atoms with E-state index in [1.165, 1.54) is 13.2 Å². The zero-order chi connectivity index (χ0) is 37.4. The number of esters is 3. The molecule has 0 spiro atoms. The second kappa shape index (κ2) is 21.2. The van der Waals surface area contributed by atoms with Crippen LogP contribution in [0, 0.1) is 5.41 Å². The highest BCUT2D eigenvalue weighted by molar-refractivity contribution is 5.83. The van der Waals surface area contributed by atoms with Crippen LogP contribution < -0.4 is 0 Å². The third-order valence-electron chi connectivity index (χ3n) is 9.55. The molecule has 2 fully saturated rings. The zero-order valence-electron chi connectivity index (χ0n) is 30.8. The van der Waals surface area contributed by atoms with Gasteiger partial charge in [-0.15, -0.1) is 6.58 Å². The molecule has 13 heteroatoms. The molecule has 51 heavy (non-hydrogen) atoms. The SMILES string of the molecule is C=CC[C@H]1CC2CCOCC[C@@H](O)CC(=O)OC(CO)C[C@@H]3C/C(=C/C(=O)OC)[C@H](OC(=O)CCCCCCC)[C@@](O)(O3)C(C)(C)/C=C/[C@H](O2)O1. The molecule has 3 aliphatic heterocycles. The number of methoxy groups -OCH3 is 1. The number of unbranched alkanes of at least 4 members (excludes halogenated alkanes) is 4. The van der Waals surface area contributed by atoms with Crippen molar-refractivity contribution in [2.75, 3.05) is 26.9 Å². The second-order valence-electron chi connectivity index (χ2n) is 14.2. The van der Waals surface area contributed by atoms with Gasteiger partial charge in [0.25, 0.3) is 0 Å². The molecular formula is C38H60O13. The third-order valence-corrected chi connectivity index (χ3v) is 9.55.